The summed E-state index contributed by atoms with van der Waals surface area (Å²) in [4.78, 5) is 40.6. The Labute approximate surface area is 187 Å². The number of piperidine rings is 1. The predicted octanol–water partition coefficient (Wildman–Crippen LogP) is 2.55. The number of amides is 4. The van der Waals surface area contributed by atoms with Gasteiger partial charge in [-0.15, -0.1) is 0 Å². The van der Waals surface area contributed by atoms with E-state index in [0.717, 1.165) is 13.0 Å². The second kappa shape index (κ2) is 10.3. The van der Waals surface area contributed by atoms with Crippen LogP contribution < -0.4 is 10.6 Å². The zero-order valence-corrected chi connectivity index (χ0v) is 18.2. The van der Waals surface area contributed by atoms with E-state index in [1.54, 1.807) is 17.0 Å². The Kier molecular flexibility index (Phi) is 7.09. The molecule has 0 aliphatic carbocycles. The van der Waals surface area contributed by atoms with E-state index in [2.05, 4.69) is 22.8 Å². The summed E-state index contributed by atoms with van der Waals surface area (Å²) in [5, 5.41) is 5.81. The molecule has 0 radical (unpaired) electrons. The summed E-state index contributed by atoms with van der Waals surface area (Å²) in [6, 6.07) is 11.4. The van der Waals surface area contributed by atoms with Gasteiger partial charge >= 0.3 is 6.03 Å². The molecule has 0 unspecified atom stereocenters. The number of fused-ring (bicyclic) bond motifs is 1. The largest absolute Gasteiger partial charge is 0.459 e. The molecule has 32 heavy (non-hydrogen) atoms. The van der Waals surface area contributed by atoms with Crippen LogP contribution in [0.3, 0.4) is 0 Å². The molecule has 4 rings (SSSR count). The highest BCUT2D eigenvalue weighted by atomic mass is 16.3. The third-order valence-corrected chi connectivity index (χ3v) is 6.19. The van der Waals surface area contributed by atoms with E-state index in [0.29, 0.717) is 57.6 Å². The first-order valence-corrected chi connectivity index (χ1v) is 11.3. The standard InChI is InChI=1S/C24H30N4O4/c29-22(28-13-9-18-5-1-2-6-19(18)17-28)8-3-12-25-24(31)26-20-10-14-27(15-11-20)23(30)21-7-4-16-32-21/h1-2,4-7,16,20H,3,8-15,17H2,(H2,25,26,31). The maximum Gasteiger partial charge on any atom is 0.315 e. The second-order valence-corrected chi connectivity index (χ2v) is 8.38. The van der Waals surface area contributed by atoms with Gasteiger partial charge in [0.05, 0.1) is 6.26 Å². The molecule has 0 spiro atoms. The first-order valence-electron chi connectivity index (χ1n) is 11.3. The van der Waals surface area contributed by atoms with Gasteiger partial charge in [0.2, 0.25) is 5.91 Å². The average Bonchev–Trinajstić information content (AvgIpc) is 3.36. The fraction of sp³-hybridized carbons (Fsp3) is 0.458. The number of hydrogen-bond acceptors (Lipinski definition) is 4. The minimum absolute atomic E-state index is 0.0331. The van der Waals surface area contributed by atoms with Crippen molar-refractivity contribution in [2.45, 2.75) is 44.7 Å². The zero-order valence-electron chi connectivity index (χ0n) is 18.2. The number of nitrogens with zero attached hydrogens (tertiary/aromatic N) is 2. The molecule has 2 N–H and O–H groups in total. The number of urea groups is 1. The van der Waals surface area contributed by atoms with Crippen LogP contribution in [0.4, 0.5) is 4.79 Å². The van der Waals surface area contributed by atoms with Crippen molar-refractivity contribution in [1.82, 2.24) is 20.4 Å². The predicted molar refractivity (Wildman–Crippen MR) is 119 cm³/mol. The summed E-state index contributed by atoms with van der Waals surface area (Å²) in [7, 11) is 0. The minimum atomic E-state index is -0.222. The maximum atomic E-state index is 12.5. The summed E-state index contributed by atoms with van der Waals surface area (Å²) in [5.41, 5.74) is 2.55. The lowest BCUT2D eigenvalue weighted by Gasteiger charge is -2.31. The highest BCUT2D eigenvalue weighted by Crippen LogP contribution is 2.19. The zero-order chi connectivity index (χ0) is 22.3. The van der Waals surface area contributed by atoms with E-state index in [1.807, 2.05) is 17.0 Å². The van der Waals surface area contributed by atoms with Crippen molar-refractivity contribution in [3.05, 3.63) is 59.5 Å². The van der Waals surface area contributed by atoms with Crippen molar-refractivity contribution in [2.75, 3.05) is 26.2 Å². The number of benzene rings is 1. The Morgan fingerprint density at radius 3 is 2.50 bits per heavy atom. The summed E-state index contributed by atoms with van der Waals surface area (Å²) in [6.07, 6.45) is 4.83. The van der Waals surface area contributed by atoms with E-state index in [4.69, 9.17) is 4.42 Å². The fourth-order valence-electron chi connectivity index (χ4n) is 4.33. The maximum absolute atomic E-state index is 12.5. The molecule has 0 bridgehead atoms. The van der Waals surface area contributed by atoms with Gasteiger partial charge < -0.3 is 24.9 Å². The number of nitrogens with one attached hydrogen (secondary N) is 2. The topological polar surface area (TPSA) is 94.9 Å². The number of rotatable bonds is 6. The molecule has 1 aromatic carbocycles. The molecule has 2 aliphatic heterocycles. The molecule has 2 aromatic rings. The molecule has 0 atom stereocenters. The lowest BCUT2D eigenvalue weighted by molar-refractivity contribution is -0.132. The SMILES string of the molecule is O=C(NCCCC(=O)N1CCc2ccccc2C1)NC1CCN(C(=O)c2ccco2)CC1. The van der Waals surface area contributed by atoms with Crippen LogP contribution in [0.2, 0.25) is 0 Å². The van der Waals surface area contributed by atoms with Crippen LogP contribution in [-0.4, -0.2) is 59.9 Å². The van der Waals surface area contributed by atoms with Gasteiger partial charge in [0.15, 0.2) is 5.76 Å². The fourth-order valence-corrected chi connectivity index (χ4v) is 4.33. The average molecular weight is 439 g/mol. The highest BCUT2D eigenvalue weighted by molar-refractivity contribution is 5.91. The Morgan fingerprint density at radius 2 is 1.75 bits per heavy atom. The monoisotopic (exact) mass is 438 g/mol. The van der Waals surface area contributed by atoms with E-state index >= 15 is 0 Å². The van der Waals surface area contributed by atoms with Gasteiger partial charge in [0.1, 0.15) is 0 Å². The van der Waals surface area contributed by atoms with Gasteiger partial charge in [-0.25, -0.2) is 4.79 Å². The Bertz CT molecular complexity index is 935. The summed E-state index contributed by atoms with van der Waals surface area (Å²) < 4.78 is 5.17. The number of furan rings is 1. The van der Waals surface area contributed by atoms with Crippen LogP contribution >= 0.6 is 0 Å². The molecule has 1 aromatic heterocycles. The molecule has 1 saturated heterocycles. The second-order valence-electron chi connectivity index (χ2n) is 8.38. The smallest absolute Gasteiger partial charge is 0.315 e. The van der Waals surface area contributed by atoms with Crippen LogP contribution in [0, 0.1) is 0 Å². The van der Waals surface area contributed by atoms with Crippen LogP contribution in [0.25, 0.3) is 0 Å². The van der Waals surface area contributed by atoms with E-state index in [-0.39, 0.29) is 23.9 Å². The molecule has 8 nitrogen and oxygen atoms in total. The Hall–Kier alpha value is -3.29. The summed E-state index contributed by atoms with van der Waals surface area (Å²) >= 11 is 0. The molecule has 2 aliphatic rings. The molecule has 3 heterocycles. The van der Waals surface area contributed by atoms with Gasteiger partial charge in [-0.2, -0.15) is 0 Å². The van der Waals surface area contributed by atoms with Crippen LogP contribution in [-0.2, 0) is 17.8 Å². The van der Waals surface area contributed by atoms with Crippen molar-refractivity contribution < 1.29 is 18.8 Å². The summed E-state index contributed by atoms with van der Waals surface area (Å²) in [6.45, 7) is 3.04. The lowest BCUT2D eigenvalue weighted by Crippen LogP contribution is -2.49. The normalized spacial score (nSPS) is 16.4. The van der Waals surface area contributed by atoms with E-state index in [1.165, 1.54) is 17.4 Å². The van der Waals surface area contributed by atoms with Crippen molar-refractivity contribution in [2.24, 2.45) is 0 Å². The molecular weight excluding hydrogens is 408 g/mol. The van der Waals surface area contributed by atoms with E-state index < -0.39 is 0 Å². The first-order chi connectivity index (χ1) is 15.6. The highest BCUT2D eigenvalue weighted by Gasteiger charge is 2.26. The quantitative estimate of drug-likeness (QED) is 0.678. The van der Waals surface area contributed by atoms with Crippen molar-refractivity contribution in [3.8, 4) is 0 Å². The molecule has 170 valence electrons. The van der Waals surface area contributed by atoms with Crippen LogP contribution in [0.5, 0.6) is 0 Å². The van der Waals surface area contributed by atoms with Gasteiger partial charge in [0.25, 0.3) is 5.91 Å². The number of hydrogen-bond donors (Lipinski definition) is 2. The third-order valence-electron chi connectivity index (χ3n) is 6.19. The van der Waals surface area contributed by atoms with Crippen molar-refractivity contribution >= 4 is 17.8 Å². The van der Waals surface area contributed by atoms with E-state index in [9.17, 15) is 14.4 Å². The Morgan fingerprint density at radius 1 is 0.969 bits per heavy atom. The van der Waals surface area contributed by atoms with Gasteiger partial charge in [-0.3, -0.25) is 9.59 Å². The summed E-state index contributed by atoms with van der Waals surface area (Å²) in [5.74, 6) is 0.368. The number of carbonyl (C=O) groups is 3. The van der Waals surface area contributed by atoms with Crippen molar-refractivity contribution in [1.29, 1.82) is 0 Å². The van der Waals surface area contributed by atoms with Crippen molar-refractivity contribution in [3.63, 3.8) is 0 Å². The number of likely N-dealkylation sites (tertiary alicyclic amines) is 1. The Balaban J connectivity index is 1.10. The number of carbonyl (C=O) groups excluding carboxylic acids is 3. The van der Waals surface area contributed by atoms with Crippen LogP contribution in [0.1, 0.15) is 47.4 Å². The van der Waals surface area contributed by atoms with Gasteiger partial charge in [0, 0.05) is 45.2 Å². The molecular formula is C24H30N4O4. The molecule has 1 fully saturated rings. The van der Waals surface area contributed by atoms with Gasteiger partial charge in [-0.1, -0.05) is 24.3 Å². The lowest BCUT2D eigenvalue weighted by atomic mass is 9.99. The molecule has 4 amide bonds. The molecule has 0 saturated carbocycles. The van der Waals surface area contributed by atoms with Crippen LogP contribution in [0.15, 0.2) is 47.1 Å². The minimum Gasteiger partial charge on any atom is -0.459 e. The third kappa shape index (κ3) is 5.49. The molecule has 8 heteroatoms. The van der Waals surface area contributed by atoms with Gasteiger partial charge in [-0.05, 0) is 48.9 Å². The first kappa shape index (κ1) is 21.9.